The molecule has 0 saturated carbocycles. The average Bonchev–Trinajstić information content (AvgIpc) is 2.29. The number of benzene rings is 1. The zero-order chi connectivity index (χ0) is 12.1. The molecular formula is C12H18BrNO2. The van der Waals surface area contributed by atoms with Gasteiger partial charge in [-0.3, -0.25) is 0 Å². The summed E-state index contributed by atoms with van der Waals surface area (Å²) < 4.78 is 0. The van der Waals surface area contributed by atoms with Crippen LogP contribution in [-0.2, 0) is 6.42 Å². The van der Waals surface area contributed by atoms with Crippen LogP contribution in [0.5, 0.6) is 0 Å². The quantitative estimate of drug-likeness (QED) is 0.573. The Bertz CT molecular complexity index is 344. The smallest absolute Gasteiger partial charge is 0.105 e. The molecule has 4 N–H and O–H groups in total. The molecule has 1 aromatic rings. The summed E-state index contributed by atoms with van der Waals surface area (Å²) in [5.41, 5.74) is 8.24. The number of hydrogen-bond donors (Lipinski definition) is 3. The number of hydrogen-bond acceptors (Lipinski definition) is 3. The SMILES string of the molecule is CCc1cc(C(O)C(O)CCBr)ccc1N. The standard InChI is InChI=1S/C12H18BrNO2/c1-2-8-7-9(3-4-10(8)14)12(16)11(15)5-6-13/h3-4,7,11-12,15-16H,2,5-6,14H2,1H3. The number of aryl methyl sites for hydroxylation is 1. The Balaban J connectivity index is 2.87. The summed E-state index contributed by atoms with van der Waals surface area (Å²) in [4.78, 5) is 0. The van der Waals surface area contributed by atoms with Gasteiger partial charge >= 0.3 is 0 Å². The molecule has 0 aliphatic rings. The summed E-state index contributed by atoms with van der Waals surface area (Å²) in [6.45, 7) is 2.01. The first-order valence-electron chi connectivity index (χ1n) is 5.40. The molecule has 0 bridgehead atoms. The van der Waals surface area contributed by atoms with Crippen LogP contribution >= 0.6 is 15.9 Å². The van der Waals surface area contributed by atoms with E-state index in [0.29, 0.717) is 11.8 Å². The molecule has 3 nitrogen and oxygen atoms in total. The maximum absolute atomic E-state index is 9.92. The number of aliphatic hydroxyl groups is 2. The minimum absolute atomic E-state index is 0.521. The lowest BCUT2D eigenvalue weighted by Gasteiger charge is -2.18. The van der Waals surface area contributed by atoms with Crippen molar-refractivity contribution in [1.29, 1.82) is 0 Å². The summed E-state index contributed by atoms with van der Waals surface area (Å²) in [5, 5.41) is 20.3. The summed E-state index contributed by atoms with van der Waals surface area (Å²) in [7, 11) is 0. The van der Waals surface area contributed by atoms with E-state index in [1.54, 1.807) is 12.1 Å². The highest BCUT2D eigenvalue weighted by atomic mass is 79.9. The van der Waals surface area contributed by atoms with Crippen molar-refractivity contribution in [3.05, 3.63) is 29.3 Å². The minimum atomic E-state index is -0.844. The van der Waals surface area contributed by atoms with E-state index in [2.05, 4.69) is 15.9 Å². The number of alkyl halides is 1. The van der Waals surface area contributed by atoms with Crippen LogP contribution < -0.4 is 5.73 Å². The molecule has 0 radical (unpaired) electrons. The lowest BCUT2D eigenvalue weighted by Crippen LogP contribution is -2.18. The number of rotatable bonds is 5. The lowest BCUT2D eigenvalue weighted by atomic mass is 9.99. The van der Waals surface area contributed by atoms with Gasteiger partial charge in [-0.05, 0) is 30.0 Å². The van der Waals surface area contributed by atoms with Crippen molar-refractivity contribution in [2.45, 2.75) is 32.0 Å². The molecule has 2 unspecified atom stereocenters. The fourth-order valence-corrected chi connectivity index (χ4v) is 2.08. The third-order valence-electron chi connectivity index (χ3n) is 2.66. The summed E-state index contributed by atoms with van der Waals surface area (Å²) in [6.07, 6.45) is -0.246. The van der Waals surface area contributed by atoms with E-state index in [0.717, 1.165) is 23.2 Å². The fraction of sp³-hybridized carbons (Fsp3) is 0.500. The van der Waals surface area contributed by atoms with Gasteiger partial charge in [-0.1, -0.05) is 35.0 Å². The molecule has 0 heterocycles. The second kappa shape index (κ2) is 6.23. The maximum atomic E-state index is 9.92. The van der Waals surface area contributed by atoms with E-state index in [4.69, 9.17) is 5.73 Å². The molecule has 1 rings (SSSR count). The highest BCUT2D eigenvalue weighted by Crippen LogP contribution is 2.23. The third-order valence-corrected chi connectivity index (χ3v) is 3.12. The second-order valence-electron chi connectivity index (χ2n) is 3.80. The predicted molar refractivity (Wildman–Crippen MR) is 69.6 cm³/mol. The first-order chi connectivity index (χ1) is 7.60. The lowest BCUT2D eigenvalue weighted by molar-refractivity contribution is 0.0173. The first kappa shape index (κ1) is 13.5. The molecular weight excluding hydrogens is 270 g/mol. The van der Waals surface area contributed by atoms with Gasteiger partial charge in [-0.15, -0.1) is 0 Å². The van der Waals surface area contributed by atoms with Gasteiger partial charge < -0.3 is 15.9 Å². The van der Waals surface area contributed by atoms with Crippen molar-refractivity contribution in [3.63, 3.8) is 0 Å². The van der Waals surface area contributed by atoms with Crippen LogP contribution in [0.25, 0.3) is 0 Å². The molecule has 90 valence electrons. The van der Waals surface area contributed by atoms with E-state index < -0.39 is 12.2 Å². The third kappa shape index (κ3) is 3.20. The highest BCUT2D eigenvalue weighted by Gasteiger charge is 2.18. The van der Waals surface area contributed by atoms with E-state index in [9.17, 15) is 10.2 Å². The number of halogens is 1. The van der Waals surface area contributed by atoms with Gasteiger partial charge in [0.15, 0.2) is 0 Å². The average molecular weight is 288 g/mol. The van der Waals surface area contributed by atoms with Crippen LogP contribution in [0.3, 0.4) is 0 Å². The van der Waals surface area contributed by atoms with E-state index >= 15 is 0 Å². The van der Waals surface area contributed by atoms with E-state index in [1.165, 1.54) is 0 Å². The fourth-order valence-electron chi connectivity index (χ4n) is 1.61. The van der Waals surface area contributed by atoms with Gasteiger partial charge in [-0.25, -0.2) is 0 Å². The molecule has 4 heteroatoms. The van der Waals surface area contributed by atoms with Crippen LogP contribution in [0, 0.1) is 0 Å². The number of nitrogen functional groups attached to an aromatic ring is 1. The van der Waals surface area contributed by atoms with Crippen molar-refractivity contribution in [2.75, 3.05) is 11.1 Å². The molecule has 1 aromatic carbocycles. The monoisotopic (exact) mass is 287 g/mol. The van der Waals surface area contributed by atoms with Gasteiger partial charge in [-0.2, -0.15) is 0 Å². The first-order valence-corrected chi connectivity index (χ1v) is 6.52. The largest absolute Gasteiger partial charge is 0.399 e. The maximum Gasteiger partial charge on any atom is 0.105 e. The van der Waals surface area contributed by atoms with E-state index in [1.807, 2.05) is 13.0 Å². The Hall–Kier alpha value is -0.580. The van der Waals surface area contributed by atoms with Crippen molar-refractivity contribution in [3.8, 4) is 0 Å². The van der Waals surface area contributed by atoms with Gasteiger partial charge in [0, 0.05) is 11.0 Å². The number of anilines is 1. The second-order valence-corrected chi connectivity index (χ2v) is 4.59. The van der Waals surface area contributed by atoms with Crippen LogP contribution in [0.4, 0.5) is 5.69 Å². The zero-order valence-corrected chi connectivity index (χ0v) is 10.9. The van der Waals surface area contributed by atoms with Gasteiger partial charge in [0.1, 0.15) is 6.10 Å². The molecule has 0 fully saturated rings. The molecule has 0 saturated heterocycles. The predicted octanol–water partition coefficient (Wildman–Crippen LogP) is 2.01. The molecule has 0 aliphatic heterocycles. The molecule has 2 atom stereocenters. The molecule has 16 heavy (non-hydrogen) atoms. The normalized spacial score (nSPS) is 14.8. The number of aliphatic hydroxyl groups excluding tert-OH is 2. The van der Waals surface area contributed by atoms with Crippen molar-refractivity contribution in [1.82, 2.24) is 0 Å². The topological polar surface area (TPSA) is 66.5 Å². The van der Waals surface area contributed by atoms with Crippen molar-refractivity contribution >= 4 is 21.6 Å². The van der Waals surface area contributed by atoms with Crippen molar-refractivity contribution < 1.29 is 10.2 Å². The van der Waals surface area contributed by atoms with Gasteiger partial charge in [0.2, 0.25) is 0 Å². The minimum Gasteiger partial charge on any atom is -0.399 e. The van der Waals surface area contributed by atoms with Crippen LogP contribution in [0.1, 0.15) is 30.6 Å². The molecule has 0 aliphatic carbocycles. The zero-order valence-electron chi connectivity index (χ0n) is 9.36. The summed E-state index contributed by atoms with van der Waals surface area (Å²) in [6, 6.07) is 5.40. The molecule has 0 aromatic heterocycles. The van der Waals surface area contributed by atoms with Crippen LogP contribution in [-0.4, -0.2) is 21.6 Å². The Morgan fingerprint density at radius 2 is 2.06 bits per heavy atom. The summed E-state index contributed by atoms with van der Waals surface area (Å²) in [5.74, 6) is 0. The Morgan fingerprint density at radius 3 is 2.62 bits per heavy atom. The van der Waals surface area contributed by atoms with Crippen LogP contribution in [0.15, 0.2) is 18.2 Å². The Morgan fingerprint density at radius 1 is 1.38 bits per heavy atom. The van der Waals surface area contributed by atoms with Crippen LogP contribution in [0.2, 0.25) is 0 Å². The van der Waals surface area contributed by atoms with Gasteiger partial charge in [0.25, 0.3) is 0 Å². The van der Waals surface area contributed by atoms with E-state index in [-0.39, 0.29) is 0 Å². The highest BCUT2D eigenvalue weighted by molar-refractivity contribution is 9.09. The van der Waals surface area contributed by atoms with Crippen molar-refractivity contribution in [2.24, 2.45) is 0 Å². The summed E-state index contributed by atoms with van der Waals surface area (Å²) >= 11 is 3.24. The number of nitrogens with two attached hydrogens (primary N) is 1. The Labute approximate surface area is 104 Å². The molecule has 0 spiro atoms. The molecule has 0 amide bonds. The Kier molecular flexibility index (Phi) is 5.25. The van der Waals surface area contributed by atoms with Gasteiger partial charge in [0.05, 0.1) is 6.10 Å².